The first-order valence-electron chi connectivity index (χ1n) is 9.84. The lowest BCUT2D eigenvalue weighted by molar-refractivity contribution is 0.246. The summed E-state index contributed by atoms with van der Waals surface area (Å²) >= 11 is 0. The van der Waals surface area contributed by atoms with Crippen molar-refractivity contribution < 1.29 is 9.21 Å². The van der Waals surface area contributed by atoms with Crippen LogP contribution in [0.25, 0.3) is 11.5 Å². The van der Waals surface area contributed by atoms with Crippen molar-refractivity contribution in [2.75, 3.05) is 23.3 Å². The second-order valence-electron chi connectivity index (χ2n) is 7.00. The molecule has 0 saturated carbocycles. The van der Waals surface area contributed by atoms with Gasteiger partial charge >= 0.3 is 6.03 Å². The standard InChI is InChI=1S/C21H24N6O2/c1-2-16-13-19(24-14-23-16)27-9-6-17(7-10-27)25-21(28)26-18-5-3-4-15(12-18)20-22-8-11-29-20/h3-5,8,11-14,17H,2,6-7,9-10H2,1H3,(H2,25,26,28). The fourth-order valence-corrected chi connectivity index (χ4v) is 3.45. The molecule has 0 bridgehead atoms. The van der Waals surface area contributed by atoms with E-state index in [0.29, 0.717) is 11.6 Å². The third-order valence-corrected chi connectivity index (χ3v) is 5.03. The number of nitrogens with one attached hydrogen (secondary N) is 2. The summed E-state index contributed by atoms with van der Waals surface area (Å²) in [6.07, 6.45) is 7.38. The molecule has 2 amide bonds. The average Bonchev–Trinajstić information content (AvgIpc) is 3.29. The highest BCUT2D eigenvalue weighted by molar-refractivity contribution is 5.90. The third kappa shape index (κ3) is 4.71. The third-order valence-electron chi connectivity index (χ3n) is 5.03. The zero-order valence-corrected chi connectivity index (χ0v) is 16.3. The van der Waals surface area contributed by atoms with Crippen LogP contribution in [0, 0.1) is 0 Å². The Kier molecular flexibility index (Phi) is 5.69. The summed E-state index contributed by atoms with van der Waals surface area (Å²) in [4.78, 5) is 27.4. The molecular formula is C21H24N6O2. The van der Waals surface area contributed by atoms with Crippen LogP contribution in [0.5, 0.6) is 0 Å². The number of piperidine rings is 1. The van der Waals surface area contributed by atoms with E-state index in [4.69, 9.17) is 4.42 Å². The van der Waals surface area contributed by atoms with Crippen LogP contribution in [0.2, 0.25) is 0 Å². The molecule has 1 aliphatic heterocycles. The van der Waals surface area contributed by atoms with E-state index in [9.17, 15) is 4.79 Å². The van der Waals surface area contributed by atoms with Crippen LogP contribution in [0.1, 0.15) is 25.5 Å². The highest BCUT2D eigenvalue weighted by atomic mass is 16.3. The van der Waals surface area contributed by atoms with Crippen LogP contribution in [0.4, 0.5) is 16.3 Å². The molecule has 4 rings (SSSR count). The molecule has 150 valence electrons. The number of nitrogens with zero attached hydrogens (tertiary/aromatic N) is 4. The van der Waals surface area contributed by atoms with E-state index in [1.165, 1.54) is 6.26 Å². The number of rotatable bonds is 5. The van der Waals surface area contributed by atoms with E-state index < -0.39 is 0 Å². The van der Waals surface area contributed by atoms with Crippen molar-refractivity contribution in [2.24, 2.45) is 0 Å². The number of benzene rings is 1. The Morgan fingerprint density at radius 3 is 2.83 bits per heavy atom. The van der Waals surface area contributed by atoms with Crippen molar-refractivity contribution >= 4 is 17.5 Å². The first-order valence-corrected chi connectivity index (χ1v) is 9.84. The van der Waals surface area contributed by atoms with Crippen molar-refractivity contribution in [1.29, 1.82) is 0 Å². The molecule has 1 saturated heterocycles. The van der Waals surface area contributed by atoms with Crippen molar-refractivity contribution in [3.05, 3.63) is 54.8 Å². The van der Waals surface area contributed by atoms with Gasteiger partial charge in [-0.05, 0) is 37.5 Å². The fourth-order valence-electron chi connectivity index (χ4n) is 3.45. The number of aromatic nitrogens is 3. The molecule has 1 aliphatic rings. The van der Waals surface area contributed by atoms with Gasteiger partial charge in [-0.2, -0.15) is 0 Å². The van der Waals surface area contributed by atoms with Gasteiger partial charge in [0.15, 0.2) is 0 Å². The number of amides is 2. The Labute approximate surface area is 169 Å². The summed E-state index contributed by atoms with van der Waals surface area (Å²) in [6.45, 7) is 3.79. The smallest absolute Gasteiger partial charge is 0.319 e. The highest BCUT2D eigenvalue weighted by Crippen LogP contribution is 2.21. The zero-order chi connectivity index (χ0) is 20.1. The van der Waals surface area contributed by atoms with Gasteiger partial charge < -0.3 is 20.0 Å². The Hall–Kier alpha value is -3.42. The molecule has 8 heteroatoms. The van der Waals surface area contributed by atoms with E-state index in [2.05, 4.69) is 37.4 Å². The van der Waals surface area contributed by atoms with Gasteiger partial charge in [-0.25, -0.2) is 19.7 Å². The Morgan fingerprint density at radius 2 is 2.07 bits per heavy atom. The molecule has 1 aromatic carbocycles. The summed E-state index contributed by atoms with van der Waals surface area (Å²) in [6, 6.07) is 9.41. The molecule has 0 atom stereocenters. The number of oxazole rings is 1. The maximum atomic E-state index is 12.4. The zero-order valence-electron chi connectivity index (χ0n) is 16.3. The monoisotopic (exact) mass is 392 g/mol. The first-order chi connectivity index (χ1) is 14.2. The van der Waals surface area contributed by atoms with Gasteiger partial charge in [-0.3, -0.25) is 0 Å². The molecule has 0 aliphatic carbocycles. The summed E-state index contributed by atoms with van der Waals surface area (Å²) in [5.41, 5.74) is 2.56. The van der Waals surface area contributed by atoms with Crippen LogP contribution >= 0.6 is 0 Å². The second-order valence-corrected chi connectivity index (χ2v) is 7.00. The molecule has 29 heavy (non-hydrogen) atoms. The van der Waals surface area contributed by atoms with Crippen molar-refractivity contribution in [1.82, 2.24) is 20.3 Å². The number of hydrogen-bond donors (Lipinski definition) is 2. The molecule has 8 nitrogen and oxygen atoms in total. The van der Waals surface area contributed by atoms with E-state index in [1.54, 1.807) is 12.5 Å². The molecular weight excluding hydrogens is 368 g/mol. The van der Waals surface area contributed by atoms with Crippen LogP contribution in [-0.4, -0.2) is 40.1 Å². The van der Waals surface area contributed by atoms with Crippen molar-refractivity contribution in [3.63, 3.8) is 0 Å². The maximum Gasteiger partial charge on any atom is 0.319 e. The number of carbonyl (C=O) groups is 1. The van der Waals surface area contributed by atoms with Crippen LogP contribution < -0.4 is 15.5 Å². The van der Waals surface area contributed by atoms with Gasteiger partial charge in [0, 0.05) is 42.1 Å². The van der Waals surface area contributed by atoms with Gasteiger partial charge in [0.25, 0.3) is 0 Å². The van der Waals surface area contributed by atoms with E-state index in [-0.39, 0.29) is 12.1 Å². The summed E-state index contributed by atoms with van der Waals surface area (Å²) < 4.78 is 5.31. The van der Waals surface area contributed by atoms with Gasteiger partial charge in [-0.15, -0.1) is 0 Å². The minimum absolute atomic E-state index is 0.133. The van der Waals surface area contributed by atoms with Crippen molar-refractivity contribution in [3.8, 4) is 11.5 Å². The average molecular weight is 392 g/mol. The molecule has 2 aromatic heterocycles. The minimum Gasteiger partial charge on any atom is -0.445 e. The Morgan fingerprint density at radius 1 is 1.21 bits per heavy atom. The van der Waals surface area contributed by atoms with Crippen LogP contribution in [-0.2, 0) is 6.42 Å². The van der Waals surface area contributed by atoms with Gasteiger partial charge in [0.2, 0.25) is 5.89 Å². The number of anilines is 2. The topological polar surface area (TPSA) is 96.2 Å². The Bertz CT molecular complexity index is 951. The largest absolute Gasteiger partial charge is 0.445 e. The molecule has 0 unspecified atom stereocenters. The summed E-state index contributed by atoms with van der Waals surface area (Å²) in [5, 5.41) is 5.96. The fraction of sp³-hybridized carbons (Fsp3) is 0.333. The normalized spacial score (nSPS) is 14.6. The molecule has 0 radical (unpaired) electrons. The summed E-state index contributed by atoms with van der Waals surface area (Å²) in [7, 11) is 0. The quantitative estimate of drug-likeness (QED) is 0.690. The molecule has 1 fully saturated rings. The molecule has 3 aromatic rings. The first kappa shape index (κ1) is 18.9. The lowest BCUT2D eigenvalue weighted by atomic mass is 10.1. The number of hydrogen-bond acceptors (Lipinski definition) is 6. The van der Waals surface area contributed by atoms with Crippen LogP contribution in [0.15, 0.2) is 53.5 Å². The Balaban J connectivity index is 1.29. The van der Waals surface area contributed by atoms with Crippen molar-refractivity contribution in [2.45, 2.75) is 32.2 Å². The number of urea groups is 1. The predicted octanol–water partition coefficient (Wildman–Crippen LogP) is 3.48. The lowest BCUT2D eigenvalue weighted by Gasteiger charge is -2.33. The van der Waals surface area contributed by atoms with E-state index >= 15 is 0 Å². The molecule has 0 spiro atoms. The predicted molar refractivity (Wildman–Crippen MR) is 111 cm³/mol. The lowest BCUT2D eigenvalue weighted by Crippen LogP contribution is -2.46. The van der Waals surface area contributed by atoms with Gasteiger partial charge in [-0.1, -0.05) is 13.0 Å². The highest BCUT2D eigenvalue weighted by Gasteiger charge is 2.22. The molecule has 3 heterocycles. The summed E-state index contributed by atoms with van der Waals surface area (Å²) in [5.74, 6) is 1.49. The number of carbonyl (C=O) groups excluding carboxylic acids is 1. The SMILES string of the molecule is CCc1cc(N2CCC(NC(=O)Nc3cccc(-c4ncco4)c3)CC2)ncn1. The van der Waals surface area contributed by atoms with E-state index in [0.717, 1.165) is 49.4 Å². The van der Waals surface area contributed by atoms with Crippen LogP contribution in [0.3, 0.4) is 0 Å². The maximum absolute atomic E-state index is 12.4. The number of aryl methyl sites for hydroxylation is 1. The van der Waals surface area contributed by atoms with Gasteiger partial charge in [0.1, 0.15) is 18.4 Å². The molecule has 2 N–H and O–H groups in total. The second kappa shape index (κ2) is 8.72. The van der Waals surface area contributed by atoms with Gasteiger partial charge in [0.05, 0.1) is 6.20 Å². The van der Waals surface area contributed by atoms with E-state index in [1.807, 2.05) is 30.3 Å². The minimum atomic E-state index is -0.205.